The number of hydrogen-bond acceptors (Lipinski definition) is 4. The van der Waals surface area contributed by atoms with Gasteiger partial charge in [0.25, 0.3) is 0 Å². The molecule has 0 saturated carbocycles. The number of hydrogen-bond donors (Lipinski definition) is 1. The molecule has 0 aliphatic rings. The van der Waals surface area contributed by atoms with Gasteiger partial charge in [-0.2, -0.15) is 0 Å². The summed E-state index contributed by atoms with van der Waals surface area (Å²) in [7, 11) is 0. The van der Waals surface area contributed by atoms with Crippen LogP contribution in [0.25, 0.3) is 11.3 Å². The van der Waals surface area contributed by atoms with Gasteiger partial charge in [0.2, 0.25) is 0 Å². The van der Waals surface area contributed by atoms with Gasteiger partial charge >= 0.3 is 0 Å². The Bertz CT molecular complexity index is 1360. The molecule has 184 valence electrons. The smallest absolute Gasteiger partial charge is 0.116 e. The number of benzene rings is 4. The van der Waals surface area contributed by atoms with Gasteiger partial charge in [-0.3, -0.25) is 0 Å². The minimum atomic E-state index is 0.659. The fraction of sp³-hybridized carbons (Fsp3) is 0.125. The van der Waals surface area contributed by atoms with E-state index < -0.39 is 0 Å². The lowest BCUT2D eigenvalue weighted by Crippen LogP contribution is -2.22. The molecule has 37 heavy (non-hydrogen) atoms. The van der Waals surface area contributed by atoms with Crippen LogP contribution in [0.2, 0.25) is 5.02 Å². The molecule has 0 radical (unpaired) electrons. The van der Waals surface area contributed by atoms with E-state index >= 15 is 0 Å². The van der Waals surface area contributed by atoms with Gasteiger partial charge in [-0.25, -0.2) is 9.97 Å². The van der Waals surface area contributed by atoms with Gasteiger partial charge in [0.05, 0.1) is 11.4 Å². The number of nitrogens with one attached hydrogen (secondary N) is 1. The van der Waals surface area contributed by atoms with E-state index in [1.54, 1.807) is 6.33 Å². The van der Waals surface area contributed by atoms with Crippen molar-refractivity contribution < 1.29 is 0 Å². The van der Waals surface area contributed by atoms with E-state index in [2.05, 4.69) is 111 Å². The maximum atomic E-state index is 5.99. The number of nitrogens with zero attached hydrogens (tertiary/aromatic N) is 3. The van der Waals surface area contributed by atoms with Gasteiger partial charge in [0, 0.05) is 42.5 Å². The van der Waals surface area contributed by atoms with E-state index in [-0.39, 0.29) is 0 Å². The Hall–Kier alpha value is -3.99. The van der Waals surface area contributed by atoms with Gasteiger partial charge in [0.15, 0.2) is 0 Å². The van der Waals surface area contributed by atoms with Crippen molar-refractivity contribution >= 4 is 17.3 Å². The van der Waals surface area contributed by atoms with E-state index in [9.17, 15) is 0 Å². The summed E-state index contributed by atoms with van der Waals surface area (Å²) in [6.07, 6.45) is 1.65. The monoisotopic (exact) mass is 504 g/mol. The highest BCUT2D eigenvalue weighted by Crippen LogP contribution is 2.26. The van der Waals surface area contributed by atoms with E-state index in [4.69, 9.17) is 11.6 Å². The quantitative estimate of drug-likeness (QED) is 0.217. The van der Waals surface area contributed by atoms with E-state index in [1.807, 2.05) is 24.3 Å². The minimum absolute atomic E-state index is 0.659. The molecular formula is C32H29ClN4. The van der Waals surface area contributed by atoms with Crippen LogP contribution in [0.3, 0.4) is 0 Å². The standard InChI is InChI=1S/C32H29ClN4/c33-29-16-14-25(15-17-29)20-34-21-30-19-32(36-24-35-30)28-12-7-13-31(18-28)37(22-26-8-3-1-4-9-26)23-27-10-5-2-6-11-27/h1-19,24,34H,20-23H2. The normalized spacial score (nSPS) is 10.8. The third-order valence-corrected chi connectivity index (χ3v) is 6.46. The topological polar surface area (TPSA) is 41.0 Å². The van der Waals surface area contributed by atoms with Crippen LogP contribution in [0, 0.1) is 0 Å². The molecule has 0 spiro atoms. The Morgan fingerprint density at radius 3 is 1.97 bits per heavy atom. The molecule has 5 rings (SSSR count). The van der Waals surface area contributed by atoms with Gasteiger partial charge in [-0.05, 0) is 47.0 Å². The first kappa shape index (κ1) is 24.7. The molecular weight excluding hydrogens is 476 g/mol. The average molecular weight is 505 g/mol. The summed E-state index contributed by atoms with van der Waals surface area (Å²) >= 11 is 5.99. The number of halogens is 1. The average Bonchev–Trinajstić information content (AvgIpc) is 2.95. The molecule has 0 bridgehead atoms. The summed E-state index contributed by atoms with van der Waals surface area (Å²) < 4.78 is 0. The molecule has 1 N–H and O–H groups in total. The van der Waals surface area contributed by atoms with Gasteiger partial charge in [-0.1, -0.05) is 96.5 Å². The number of aromatic nitrogens is 2. The lowest BCUT2D eigenvalue weighted by Gasteiger charge is -2.26. The van der Waals surface area contributed by atoms with Crippen LogP contribution >= 0.6 is 11.6 Å². The predicted molar refractivity (Wildman–Crippen MR) is 152 cm³/mol. The van der Waals surface area contributed by atoms with Crippen molar-refractivity contribution in [3.63, 3.8) is 0 Å². The largest absolute Gasteiger partial charge is 0.363 e. The van der Waals surface area contributed by atoms with Crippen LogP contribution in [-0.4, -0.2) is 9.97 Å². The summed E-state index contributed by atoms with van der Waals surface area (Å²) in [4.78, 5) is 11.5. The first-order valence-corrected chi connectivity index (χ1v) is 12.8. The predicted octanol–water partition coefficient (Wildman–Crippen LogP) is 7.29. The Kier molecular flexibility index (Phi) is 8.21. The van der Waals surface area contributed by atoms with Crippen LogP contribution in [0.1, 0.15) is 22.4 Å². The summed E-state index contributed by atoms with van der Waals surface area (Å²) in [5.74, 6) is 0. The Morgan fingerprint density at radius 1 is 0.622 bits per heavy atom. The highest BCUT2D eigenvalue weighted by atomic mass is 35.5. The van der Waals surface area contributed by atoms with Crippen molar-refractivity contribution in [3.8, 4) is 11.3 Å². The lowest BCUT2D eigenvalue weighted by molar-refractivity contribution is 0.678. The molecule has 5 heteroatoms. The molecule has 4 nitrogen and oxygen atoms in total. The van der Waals surface area contributed by atoms with Crippen molar-refractivity contribution in [1.82, 2.24) is 15.3 Å². The summed E-state index contributed by atoms with van der Waals surface area (Å²) in [5.41, 5.74) is 7.84. The molecule has 0 atom stereocenters. The van der Waals surface area contributed by atoms with Crippen molar-refractivity contribution in [1.29, 1.82) is 0 Å². The highest BCUT2D eigenvalue weighted by molar-refractivity contribution is 6.30. The Balaban J connectivity index is 1.33. The molecule has 1 heterocycles. The molecule has 0 amide bonds. The molecule has 0 aliphatic heterocycles. The summed E-state index contributed by atoms with van der Waals surface area (Å²) in [5, 5.41) is 4.21. The van der Waals surface area contributed by atoms with Gasteiger partial charge < -0.3 is 10.2 Å². The molecule has 0 unspecified atom stereocenters. The molecule has 0 fully saturated rings. The fourth-order valence-corrected chi connectivity index (χ4v) is 4.42. The van der Waals surface area contributed by atoms with Gasteiger partial charge in [-0.15, -0.1) is 0 Å². The second kappa shape index (κ2) is 12.3. The Labute approximate surface area is 223 Å². The van der Waals surface area contributed by atoms with Crippen molar-refractivity contribution in [2.75, 3.05) is 4.90 Å². The maximum Gasteiger partial charge on any atom is 0.116 e. The van der Waals surface area contributed by atoms with Crippen LogP contribution in [0.15, 0.2) is 122 Å². The number of rotatable bonds is 10. The van der Waals surface area contributed by atoms with Crippen molar-refractivity contribution in [2.45, 2.75) is 26.2 Å². The summed E-state index contributed by atoms with van der Waals surface area (Å²) in [6.45, 7) is 3.05. The molecule has 0 aliphatic carbocycles. The maximum absolute atomic E-state index is 5.99. The highest BCUT2D eigenvalue weighted by Gasteiger charge is 2.11. The van der Waals surface area contributed by atoms with Crippen LogP contribution in [0.4, 0.5) is 5.69 Å². The third-order valence-electron chi connectivity index (χ3n) is 6.21. The SMILES string of the molecule is Clc1ccc(CNCc2cc(-c3cccc(N(Cc4ccccc4)Cc4ccccc4)c3)ncn2)cc1. The zero-order chi connectivity index (χ0) is 25.3. The van der Waals surface area contributed by atoms with Crippen LogP contribution < -0.4 is 10.2 Å². The van der Waals surface area contributed by atoms with E-state index in [0.29, 0.717) is 6.54 Å². The molecule has 5 aromatic rings. The van der Waals surface area contributed by atoms with Crippen molar-refractivity contribution in [2.24, 2.45) is 0 Å². The van der Waals surface area contributed by atoms with Crippen LogP contribution in [0.5, 0.6) is 0 Å². The molecule has 0 saturated heterocycles. The van der Waals surface area contributed by atoms with E-state index in [1.165, 1.54) is 16.7 Å². The fourth-order valence-electron chi connectivity index (χ4n) is 4.30. The van der Waals surface area contributed by atoms with Gasteiger partial charge in [0.1, 0.15) is 6.33 Å². The lowest BCUT2D eigenvalue weighted by atomic mass is 10.1. The third kappa shape index (κ3) is 7.04. The van der Waals surface area contributed by atoms with Crippen molar-refractivity contribution in [3.05, 3.63) is 149 Å². The first-order chi connectivity index (χ1) is 18.2. The Morgan fingerprint density at radius 2 is 1.30 bits per heavy atom. The molecule has 4 aromatic carbocycles. The zero-order valence-corrected chi connectivity index (χ0v) is 21.4. The van der Waals surface area contributed by atoms with Crippen LogP contribution in [-0.2, 0) is 26.2 Å². The first-order valence-electron chi connectivity index (χ1n) is 12.4. The second-order valence-corrected chi connectivity index (χ2v) is 9.44. The number of anilines is 1. The summed E-state index contributed by atoms with van der Waals surface area (Å²) in [6, 6.07) is 39.7. The minimum Gasteiger partial charge on any atom is -0.363 e. The molecule has 1 aromatic heterocycles. The van der Waals surface area contributed by atoms with E-state index in [0.717, 1.165) is 47.3 Å². The zero-order valence-electron chi connectivity index (χ0n) is 20.6. The second-order valence-electron chi connectivity index (χ2n) is 9.00.